The van der Waals surface area contributed by atoms with Gasteiger partial charge in [0.25, 0.3) is 0 Å². The molecule has 0 aliphatic rings. The van der Waals surface area contributed by atoms with Crippen LogP contribution in [0.5, 0.6) is 0 Å². The summed E-state index contributed by atoms with van der Waals surface area (Å²) in [7, 11) is 1.70. The zero-order chi connectivity index (χ0) is 14.7. The highest BCUT2D eigenvalue weighted by Gasteiger charge is 2.18. The quantitative estimate of drug-likeness (QED) is 0.749. The molecule has 0 amide bonds. The highest BCUT2D eigenvalue weighted by molar-refractivity contribution is 7.17. The minimum absolute atomic E-state index is 0.0269. The van der Waals surface area contributed by atoms with Gasteiger partial charge in [0.05, 0.1) is 29.1 Å². The first-order chi connectivity index (χ1) is 10.3. The van der Waals surface area contributed by atoms with E-state index in [4.69, 9.17) is 9.15 Å². The van der Waals surface area contributed by atoms with E-state index in [0.29, 0.717) is 6.61 Å². The van der Waals surface area contributed by atoms with Gasteiger partial charge in [0.2, 0.25) is 0 Å². The van der Waals surface area contributed by atoms with Crippen LogP contribution in [0.3, 0.4) is 0 Å². The third-order valence-electron chi connectivity index (χ3n) is 3.49. The molecule has 2 unspecified atom stereocenters. The van der Waals surface area contributed by atoms with Crippen LogP contribution < -0.4 is 5.32 Å². The zero-order valence-electron chi connectivity index (χ0n) is 12.1. The van der Waals surface area contributed by atoms with Gasteiger partial charge in [0.1, 0.15) is 5.76 Å². The normalized spacial score (nSPS) is 14.4. The van der Waals surface area contributed by atoms with E-state index in [1.165, 1.54) is 4.70 Å². The Bertz CT molecular complexity index is 693. The average Bonchev–Trinajstić information content (AvgIpc) is 3.17. The van der Waals surface area contributed by atoms with Gasteiger partial charge in [0.15, 0.2) is 0 Å². The summed E-state index contributed by atoms with van der Waals surface area (Å²) in [5.74, 6) is 0.883. The van der Waals surface area contributed by atoms with Crippen molar-refractivity contribution in [2.45, 2.75) is 19.0 Å². The van der Waals surface area contributed by atoms with Crippen molar-refractivity contribution in [3.8, 4) is 0 Å². The monoisotopic (exact) mass is 302 g/mol. The number of pyridine rings is 1. The van der Waals surface area contributed by atoms with Gasteiger partial charge >= 0.3 is 0 Å². The fourth-order valence-electron chi connectivity index (χ4n) is 2.37. The molecule has 5 heteroatoms. The second-order valence-corrected chi connectivity index (χ2v) is 5.93. The number of nitrogens with one attached hydrogen (secondary N) is 1. The standard InChI is InChI=1S/C16H18N2O2S/c1-11(12-8-16-13(17-9-12)5-7-21-16)18-14(10-19-2)15-4-3-6-20-15/h3-9,11,14,18H,10H2,1-2H3. The Morgan fingerprint density at radius 1 is 1.43 bits per heavy atom. The molecule has 3 aromatic heterocycles. The molecule has 2 atom stereocenters. The number of rotatable bonds is 6. The zero-order valence-corrected chi connectivity index (χ0v) is 12.9. The van der Waals surface area contributed by atoms with Crippen molar-refractivity contribution in [1.82, 2.24) is 10.3 Å². The van der Waals surface area contributed by atoms with Crippen molar-refractivity contribution >= 4 is 21.6 Å². The van der Waals surface area contributed by atoms with Crippen LogP contribution in [0.4, 0.5) is 0 Å². The molecule has 3 rings (SSSR count). The van der Waals surface area contributed by atoms with Gasteiger partial charge in [0, 0.05) is 19.3 Å². The number of thiophene rings is 1. The van der Waals surface area contributed by atoms with Crippen molar-refractivity contribution < 1.29 is 9.15 Å². The molecule has 0 bridgehead atoms. The van der Waals surface area contributed by atoms with E-state index >= 15 is 0 Å². The highest BCUT2D eigenvalue weighted by Crippen LogP contribution is 2.25. The van der Waals surface area contributed by atoms with E-state index in [-0.39, 0.29) is 12.1 Å². The first-order valence-electron chi connectivity index (χ1n) is 6.89. The van der Waals surface area contributed by atoms with Gasteiger partial charge in [-0.05, 0) is 42.1 Å². The third kappa shape index (κ3) is 3.15. The molecule has 0 aliphatic carbocycles. The molecule has 0 radical (unpaired) electrons. The molecule has 4 nitrogen and oxygen atoms in total. The Morgan fingerprint density at radius 3 is 3.10 bits per heavy atom. The first kappa shape index (κ1) is 14.3. The smallest absolute Gasteiger partial charge is 0.123 e. The van der Waals surface area contributed by atoms with Crippen molar-refractivity contribution in [2.24, 2.45) is 0 Å². The summed E-state index contributed by atoms with van der Waals surface area (Å²) < 4.78 is 12.0. The van der Waals surface area contributed by atoms with Crippen molar-refractivity contribution in [2.75, 3.05) is 13.7 Å². The van der Waals surface area contributed by atoms with E-state index in [2.05, 4.69) is 28.7 Å². The lowest BCUT2D eigenvalue weighted by molar-refractivity contribution is 0.152. The summed E-state index contributed by atoms with van der Waals surface area (Å²) >= 11 is 1.71. The Labute approximate surface area is 127 Å². The maximum absolute atomic E-state index is 5.49. The van der Waals surface area contributed by atoms with Gasteiger partial charge in [-0.2, -0.15) is 0 Å². The molecule has 0 saturated carbocycles. The molecule has 21 heavy (non-hydrogen) atoms. The van der Waals surface area contributed by atoms with Crippen LogP contribution in [0.15, 0.2) is 46.5 Å². The molecule has 0 fully saturated rings. The molecular formula is C16H18N2O2S. The Kier molecular flexibility index (Phi) is 4.34. The number of hydrogen-bond acceptors (Lipinski definition) is 5. The second-order valence-electron chi connectivity index (χ2n) is 4.98. The van der Waals surface area contributed by atoms with E-state index < -0.39 is 0 Å². The summed E-state index contributed by atoms with van der Waals surface area (Å²) in [5.41, 5.74) is 2.22. The van der Waals surface area contributed by atoms with Crippen molar-refractivity contribution in [3.63, 3.8) is 0 Å². The van der Waals surface area contributed by atoms with Gasteiger partial charge in [-0.25, -0.2) is 0 Å². The van der Waals surface area contributed by atoms with Gasteiger partial charge in [-0.15, -0.1) is 11.3 Å². The number of fused-ring (bicyclic) bond motifs is 1. The summed E-state index contributed by atoms with van der Waals surface area (Å²) in [6.07, 6.45) is 3.61. The maximum atomic E-state index is 5.49. The fourth-order valence-corrected chi connectivity index (χ4v) is 3.15. The molecular weight excluding hydrogens is 284 g/mol. The van der Waals surface area contributed by atoms with Crippen molar-refractivity contribution in [1.29, 1.82) is 0 Å². The van der Waals surface area contributed by atoms with Crippen LogP contribution in [0.1, 0.15) is 30.3 Å². The lowest BCUT2D eigenvalue weighted by Crippen LogP contribution is -2.27. The number of aromatic nitrogens is 1. The summed E-state index contributed by atoms with van der Waals surface area (Å²) in [6, 6.07) is 8.27. The van der Waals surface area contributed by atoms with Crippen molar-refractivity contribution in [3.05, 3.63) is 53.4 Å². The highest BCUT2D eigenvalue weighted by atomic mass is 32.1. The lowest BCUT2D eigenvalue weighted by Gasteiger charge is -2.21. The minimum Gasteiger partial charge on any atom is -0.468 e. The molecule has 3 aromatic rings. The Hall–Kier alpha value is -1.69. The minimum atomic E-state index is 0.0269. The summed E-state index contributed by atoms with van der Waals surface area (Å²) in [5, 5.41) is 5.60. The number of methoxy groups -OCH3 is 1. The maximum Gasteiger partial charge on any atom is 0.123 e. The summed E-state index contributed by atoms with van der Waals surface area (Å²) in [6.45, 7) is 2.69. The Balaban J connectivity index is 1.78. The summed E-state index contributed by atoms with van der Waals surface area (Å²) in [4.78, 5) is 4.49. The molecule has 0 aromatic carbocycles. The van der Waals surface area contributed by atoms with Crippen LogP contribution in [-0.2, 0) is 4.74 Å². The molecule has 1 N–H and O–H groups in total. The molecule has 0 spiro atoms. The van der Waals surface area contributed by atoms with E-state index in [0.717, 1.165) is 16.8 Å². The molecule has 0 aliphatic heterocycles. The largest absolute Gasteiger partial charge is 0.468 e. The molecule has 0 saturated heterocycles. The number of furan rings is 1. The number of ether oxygens (including phenoxy) is 1. The van der Waals surface area contributed by atoms with Crippen LogP contribution in [0.25, 0.3) is 10.2 Å². The van der Waals surface area contributed by atoms with E-state index in [9.17, 15) is 0 Å². The molecule has 3 heterocycles. The average molecular weight is 302 g/mol. The van der Waals surface area contributed by atoms with Gasteiger partial charge in [-0.1, -0.05) is 0 Å². The Morgan fingerprint density at radius 2 is 2.33 bits per heavy atom. The van der Waals surface area contributed by atoms with Crippen LogP contribution >= 0.6 is 11.3 Å². The number of hydrogen-bond donors (Lipinski definition) is 1. The van der Waals surface area contributed by atoms with E-state index in [1.54, 1.807) is 24.7 Å². The predicted molar refractivity (Wildman–Crippen MR) is 84.5 cm³/mol. The van der Waals surface area contributed by atoms with Gasteiger partial charge in [-0.3, -0.25) is 10.3 Å². The van der Waals surface area contributed by atoms with Crippen LogP contribution in [0, 0.1) is 0 Å². The van der Waals surface area contributed by atoms with Crippen LogP contribution in [-0.4, -0.2) is 18.7 Å². The number of nitrogens with zero attached hydrogens (tertiary/aromatic N) is 1. The third-order valence-corrected chi connectivity index (χ3v) is 4.35. The van der Waals surface area contributed by atoms with Crippen LogP contribution in [0.2, 0.25) is 0 Å². The topological polar surface area (TPSA) is 47.3 Å². The fraction of sp³-hybridized carbons (Fsp3) is 0.312. The predicted octanol–water partition coefficient (Wildman–Crippen LogP) is 3.93. The first-order valence-corrected chi connectivity index (χ1v) is 7.77. The SMILES string of the molecule is COCC(NC(C)c1cnc2ccsc2c1)c1ccco1. The lowest BCUT2D eigenvalue weighted by atomic mass is 10.1. The van der Waals surface area contributed by atoms with E-state index in [1.807, 2.05) is 24.4 Å². The van der Waals surface area contributed by atoms with Gasteiger partial charge < -0.3 is 9.15 Å². The molecule has 110 valence electrons. The second kappa shape index (κ2) is 6.39.